The summed E-state index contributed by atoms with van der Waals surface area (Å²) in [7, 11) is 0. The maximum absolute atomic E-state index is 12.4. The lowest BCUT2D eigenvalue weighted by molar-refractivity contribution is -0.146. The Kier molecular flexibility index (Phi) is 6.44. The number of alkyl halides is 6. The Morgan fingerprint density at radius 3 is 1.22 bits per heavy atom. The van der Waals surface area contributed by atoms with Crippen LogP contribution in [0.1, 0.15) is 26.7 Å². The first-order valence-corrected chi connectivity index (χ1v) is 6.09. The predicted octanol–water partition coefficient (Wildman–Crippen LogP) is 3.94. The van der Waals surface area contributed by atoms with Gasteiger partial charge in [0.05, 0.1) is 0 Å². The second-order valence-electron chi connectivity index (χ2n) is 5.41. The molecule has 0 bridgehead atoms. The Balaban J connectivity index is 5.30. The first-order valence-electron chi connectivity index (χ1n) is 6.09. The van der Waals surface area contributed by atoms with E-state index in [0.717, 1.165) is 0 Å². The fourth-order valence-electron chi connectivity index (χ4n) is 1.49. The van der Waals surface area contributed by atoms with Gasteiger partial charge in [0.15, 0.2) is 0 Å². The van der Waals surface area contributed by atoms with Gasteiger partial charge in [0.1, 0.15) is 11.1 Å². The van der Waals surface area contributed by atoms with Crippen molar-refractivity contribution in [1.29, 1.82) is 0 Å². The van der Waals surface area contributed by atoms with Gasteiger partial charge in [-0.15, -0.1) is 0 Å². The van der Waals surface area contributed by atoms with E-state index in [-0.39, 0.29) is 0 Å². The molecule has 23 heavy (non-hydrogen) atoms. The minimum atomic E-state index is -5.10. The number of rotatable bonds is 6. The summed E-state index contributed by atoms with van der Waals surface area (Å²) in [5.74, 6) is -4.41. The monoisotopic (exact) mass is 348 g/mol. The van der Waals surface area contributed by atoms with E-state index in [1.807, 2.05) is 0 Å². The maximum Gasteiger partial charge on any atom is 0.423 e. The molecule has 10 heteroatoms. The molecule has 0 aromatic carbocycles. The lowest BCUT2D eigenvalue weighted by Gasteiger charge is -2.22. The number of aliphatic carboxylic acids is 2. The van der Waals surface area contributed by atoms with Crippen LogP contribution in [0.25, 0.3) is 0 Å². The standard InChI is InChI=1S/C13H14F6O4/c1-11(2,5-3-7(9(20)21)12(14,15)16)6-4-8(10(22)23)13(17,18)19/h3-4H,5-6H2,1-2H3,(H,20,21)(H,22,23). The van der Waals surface area contributed by atoms with E-state index in [2.05, 4.69) is 0 Å². The van der Waals surface area contributed by atoms with Crippen LogP contribution in [-0.4, -0.2) is 34.5 Å². The topological polar surface area (TPSA) is 74.6 Å². The van der Waals surface area contributed by atoms with Crippen LogP contribution in [0.5, 0.6) is 0 Å². The molecule has 0 fully saturated rings. The molecule has 0 aromatic rings. The summed E-state index contributed by atoms with van der Waals surface area (Å²) in [5.41, 5.74) is -4.87. The zero-order valence-corrected chi connectivity index (χ0v) is 12.0. The third-order valence-electron chi connectivity index (χ3n) is 2.79. The molecule has 2 N–H and O–H groups in total. The fourth-order valence-corrected chi connectivity index (χ4v) is 1.49. The zero-order chi connectivity index (χ0) is 18.6. The van der Waals surface area contributed by atoms with Gasteiger partial charge in [-0.25, -0.2) is 9.59 Å². The van der Waals surface area contributed by atoms with Crippen molar-refractivity contribution in [3.8, 4) is 0 Å². The van der Waals surface area contributed by atoms with Gasteiger partial charge in [0.2, 0.25) is 0 Å². The van der Waals surface area contributed by atoms with Crippen molar-refractivity contribution in [2.45, 2.75) is 39.0 Å². The van der Waals surface area contributed by atoms with Crippen LogP contribution in [0, 0.1) is 5.41 Å². The molecule has 0 atom stereocenters. The van der Waals surface area contributed by atoms with Crippen molar-refractivity contribution < 1.29 is 46.1 Å². The Hall–Kier alpha value is -2.00. The molecule has 0 aromatic heterocycles. The van der Waals surface area contributed by atoms with Gasteiger partial charge in [-0.2, -0.15) is 26.3 Å². The summed E-state index contributed by atoms with van der Waals surface area (Å²) < 4.78 is 74.6. The largest absolute Gasteiger partial charge is 0.478 e. The molecule has 0 aliphatic rings. The number of carboxylic acid groups (broad SMARTS) is 2. The van der Waals surface area contributed by atoms with E-state index in [0.29, 0.717) is 12.2 Å². The van der Waals surface area contributed by atoms with Crippen LogP contribution < -0.4 is 0 Å². The molecule has 0 aliphatic heterocycles. The second kappa shape index (κ2) is 7.05. The first-order chi connectivity index (χ1) is 10.1. The summed E-state index contributed by atoms with van der Waals surface area (Å²) in [5, 5.41) is 17.0. The van der Waals surface area contributed by atoms with Crippen LogP contribution in [0.4, 0.5) is 26.3 Å². The minimum Gasteiger partial charge on any atom is -0.478 e. The van der Waals surface area contributed by atoms with E-state index >= 15 is 0 Å². The normalized spacial score (nSPS) is 14.8. The zero-order valence-electron chi connectivity index (χ0n) is 12.0. The Morgan fingerprint density at radius 1 is 0.783 bits per heavy atom. The molecule has 132 valence electrons. The van der Waals surface area contributed by atoms with Crippen LogP contribution in [-0.2, 0) is 9.59 Å². The molecular formula is C13H14F6O4. The van der Waals surface area contributed by atoms with Crippen molar-refractivity contribution in [2.24, 2.45) is 5.41 Å². The average molecular weight is 348 g/mol. The molecule has 0 amide bonds. The number of hydrogen-bond donors (Lipinski definition) is 2. The minimum absolute atomic E-state index is 0.365. The highest BCUT2D eigenvalue weighted by atomic mass is 19.4. The summed E-state index contributed by atoms with van der Waals surface area (Å²) in [6.07, 6.45) is -10.5. The molecule has 0 rings (SSSR count). The quantitative estimate of drug-likeness (QED) is 0.563. The van der Waals surface area contributed by atoms with Gasteiger partial charge in [0, 0.05) is 0 Å². The van der Waals surface area contributed by atoms with Crippen LogP contribution in [0.3, 0.4) is 0 Å². The third-order valence-corrected chi connectivity index (χ3v) is 2.79. The molecule has 0 saturated carbocycles. The van der Waals surface area contributed by atoms with Gasteiger partial charge < -0.3 is 10.2 Å². The smallest absolute Gasteiger partial charge is 0.423 e. The first kappa shape index (κ1) is 21.0. The second-order valence-corrected chi connectivity index (χ2v) is 5.41. The van der Waals surface area contributed by atoms with E-state index in [4.69, 9.17) is 10.2 Å². The lowest BCUT2D eigenvalue weighted by Crippen LogP contribution is -2.22. The molecule has 0 radical (unpaired) electrons. The third kappa shape index (κ3) is 7.20. The number of hydrogen-bond acceptors (Lipinski definition) is 2. The van der Waals surface area contributed by atoms with Gasteiger partial charge in [-0.3, -0.25) is 0 Å². The summed E-state index contributed by atoms with van der Waals surface area (Å²) in [6.45, 7) is 2.57. The number of allylic oxidation sites excluding steroid dienone is 2. The van der Waals surface area contributed by atoms with Gasteiger partial charge in [-0.1, -0.05) is 26.0 Å². The molecule has 0 aliphatic carbocycles. The van der Waals surface area contributed by atoms with Gasteiger partial charge in [-0.05, 0) is 18.3 Å². The number of carbonyl (C=O) groups is 2. The van der Waals surface area contributed by atoms with E-state index in [9.17, 15) is 35.9 Å². The lowest BCUT2D eigenvalue weighted by atomic mass is 9.84. The molecule has 0 saturated heterocycles. The van der Waals surface area contributed by atoms with Crippen molar-refractivity contribution in [1.82, 2.24) is 0 Å². The SMILES string of the molecule is CC(C)(CC=C(C(=O)O)C(F)(F)F)CC=C(C(=O)O)C(F)(F)F. The number of carboxylic acids is 2. The highest BCUT2D eigenvalue weighted by molar-refractivity contribution is 5.88. The van der Waals surface area contributed by atoms with Crippen LogP contribution in [0.15, 0.2) is 23.3 Å². The number of halogens is 6. The highest BCUT2D eigenvalue weighted by Gasteiger charge is 2.40. The van der Waals surface area contributed by atoms with E-state index in [1.165, 1.54) is 13.8 Å². The van der Waals surface area contributed by atoms with E-state index < -0.39 is 53.7 Å². The van der Waals surface area contributed by atoms with Crippen LogP contribution in [0.2, 0.25) is 0 Å². The highest BCUT2D eigenvalue weighted by Crippen LogP contribution is 2.33. The van der Waals surface area contributed by atoms with Gasteiger partial charge in [0.25, 0.3) is 0 Å². The molecule has 0 unspecified atom stereocenters. The van der Waals surface area contributed by atoms with Crippen molar-refractivity contribution in [3.05, 3.63) is 23.3 Å². The maximum atomic E-state index is 12.4. The Morgan fingerprint density at radius 2 is 1.04 bits per heavy atom. The molecular weight excluding hydrogens is 334 g/mol. The summed E-state index contributed by atoms with van der Waals surface area (Å²) in [4.78, 5) is 21.0. The Labute approximate surface area is 127 Å². The molecule has 4 nitrogen and oxygen atoms in total. The van der Waals surface area contributed by atoms with Crippen LogP contribution >= 0.6 is 0 Å². The van der Waals surface area contributed by atoms with Crippen molar-refractivity contribution in [2.75, 3.05) is 0 Å². The average Bonchev–Trinajstić information content (AvgIpc) is 2.23. The molecule has 0 heterocycles. The summed E-state index contributed by atoms with van der Waals surface area (Å²) in [6, 6.07) is 0. The van der Waals surface area contributed by atoms with Gasteiger partial charge >= 0.3 is 24.3 Å². The molecule has 0 spiro atoms. The Bertz CT molecular complexity index is 480. The van der Waals surface area contributed by atoms with Crippen molar-refractivity contribution >= 4 is 11.9 Å². The van der Waals surface area contributed by atoms with E-state index in [1.54, 1.807) is 0 Å². The predicted molar refractivity (Wildman–Crippen MR) is 66.6 cm³/mol. The fraction of sp³-hybridized carbons (Fsp3) is 0.538. The summed E-state index contributed by atoms with van der Waals surface area (Å²) >= 11 is 0. The van der Waals surface area contributed by atoms with Crippen molar-refractivity contribution in [3.63, 3.8) is 0 Å².